The molecule has 19 heavy (non-hydrogen) atoms. The number of methoxy groups -OCH3 is 1. The zero-order chi connectivity index (χ0) is 14.3. The molecule has 0 saturated carbocycles. The summed E-state index contributed by atoms with van der Waals surface area (Å²) < 4.78 is 6.26. The summed E-state index contributed by atoms with van der Waals surface area (Å²) in [5.74, 6) is 0. The van der Waals surface area contributed by atoms with Crippen LogP contribution in [0.4, 0.5) is 5.69 Å². The number of hydrogen-bond acceptors (Lipinski definition) is 6. The maximum absolute atomic E-state index is 11.2. The van der Waals surface area contributed by atoms with Gasteiger partial charge in [0.05, 0.1) is 23.8 Å². The number of aliphatic hydroxyl groups excluding tert-OH is 1. The zero-order valence-electron chi connectivity index (χ0n) is 10.6. The summed E-state index contributed by atoms with van der Waals surface area (Å²) in [6.45, 7) is 1.65. The number of nitrogens with one attached hydrogen (secondary N) is 1. The molecule has 0 aromatic carbocycles. The predicted octanol–water partition coefficient (Wildman–Crippen LogP) is -0.647. The molecule has 8 heteroatoms. The summed E-state index contributed by atoms with van der Waals surface area (Å²) in [5, 5.41) is 23.3. The van der Waals surface area contributed by atoms with Gasteiger partial charge in [0.15, 0.2) is 0 Å². The molecule has 8 nitrogen and oxygen atoms in total. The van der Waals surface area contributed by atoms with Crippen LogP contribution in [0.5, 0.6) is 0 Å². The van der Waals surface area contributed by atoms with Crippen LogP contribution in [0.15, 0.2) is 23.3 Å². The van der Waals surface area contributed by atoms with Crippen LogP contribution in [-0.2, 0) is 11.3 Å². The highest BCUT2D eigenvalue weighted by Gasteiger charge is 2.13. The van der Waals surface area contributed by atoms with Gasteiger partial charge in [0.1, 0.15) is 0 Å². The normalized spacial score (nSPS) is 12.3. The van der Waals surface area contributed by atoms with Gasteiger partial charge in [-0.3, -0.25) is 14.9 Å². The van der Waals surface area contributed by atoms with Crippen LogP contribution in [0.1, 0.15) is 0 Å². The zero-order valence-corrected chi connectivity index (χ0v) is 10.6. The topological polar surface area (TPSA) is 107 Å². The first-order chi connectivity index (χ1) is 9.04. The molecule has 0 aliphatic carbocycles. The number of pyridine rings is 1. The van der Waals surface area contributed by atoms with Gasteiger partial charge < -0.3 is 19.7 Å². The van der Waals surface area contributed by atoms with E-state index < -0.39 is 22.1 Å². The molecule has 106 valence electrons. The Balaban J connectivity index is 2.55. The number of aromatic nitrogens is 1. The van der Waals surface area contributed by atoms with Crippen molar-refractivity contribution < 1.29 is 14.8 Å². The van der Waals surface area contributed by atoms with Crippen LogP contribution in [0.3, 0.4) is 0 Å². The Morgan fingerprint density at radius 3 is 3.00 bits per heavy atom. The third kappa shape index (κ3) is 5.16. The average molecular weight is 271 g/mol. The Morgan fingerprint density at radius 2 is 2.37 bits per heavy atom. The van der Waals surface area contributed by atoms with E-state index in [9.17, 15) is 20.0 Å². The SMILES string of the molecule is COCCNCC(O)Cn1ccc(=O)c([N+](=O)[O-])c1. The lowest BCUT2D eigenvalue weighted by Crippen LogP contribution is -2.32. The van der Waals surface area contributed by atoms with Crippen LogP contribution in [0.25, 0.3) is 0 Å². The van der Waals surface area contributed by atoms with Crippen molar-refractivity contribution in [2.75, 3.05) is 26.8 Å². The molecule has 0 aliphatic rings. The molecular weight excluding hydrogens is 254 g/mol. The lowest BCUT2D eigenvalue weighted by atomic mass is 10.3. The Morgan fingerprint density at radius 1 is 1.63 bits per heavy atom. The molecular formula is C11H17N3O5. The lowest BCUT2D eigenvalue weighted by Gasteiger charge is -2.13. The summed E-state index contributed by atoms with van der Waals surface area (Å²) in [6.07, 6.45) is 1.83. The Hall–Kier alpha value is -1.77. The van der Waals surface area contributed by atoms with E-state index in [1.165, 1.54) is 10.8 Å². The molecule has 0 amide bonds. The van der Waals surface area contributed by atoms with Crippen molar-refractivity contribution in [2.45, 2.75) is 12.6 Å². The van der Waals surface area contributed by atoms with E-state index in [0.717, 1.165) is 12.3 Å². The predicted molar refractivity (Wildman–Crippen MR) is 68.1 cm³/mol. The van der Waals surface area contributed by atoms with Crippen molar-refractivity contribution in [3.63, 3.8) is 0 Å². The highest BCUT2D eigenvalue weighted by Crippen LogP contribution is 2.03. The number of nitrogens with zero attached hydrogens (tertiary/aromatic N) is 2. The highest BCUT2D eigenvalue weighted by molar-refractivity contribution is 5.25. The van der Waals surface area contributed by atoms with E-state index >= 15 is 0 Å². The Kier molecular flexibility index (Phi) is 6.13. The molecule has 1 atom stereocenters. The maximum Gasteiger partial charge on any atom is 0.332 e. The number of aliphatic hydroxyl groups is 1. The molecule has 0 aliphatic heterocycles. The minimum absolute atomic E-state index is 0.168. The third-order valence-electron chi connectivity index (χ3n) is 2.44. The second-order valence-corrected chi connectivity index (χ2v) is 4.00. The molecule has 1 heterocycles. The van der Waals surface area contributed by atoms with Crippen LogP contribution in [0.2, 0.25) is 0 Å². The molecule has 1 aromatic heterocycles. The van der Waals surface area contributed by atoms with Crippen LogP contribution >= 0.6 is 0 Å². The summed E-state index contributed by atoms with van der Waals surface area (Å²) in [7, 11) is 1.58. The smallest absolute Gasteiger partial charge is 0.332 e. The van der Waals surface area contributed by atoms with Crippen molar-refractivity contribution >= 4 is 5.69 Å². The van der Waals surface area contributed by atoms with E-state index in [4.69, 9.17) is 4.74 Å². The maximum atomic E-state index is 11.2. The first-order valence-electron chi connectivity index (χ1n) is 5.76. The minimum Gasteiger partial charge on any atom is -0.390 e. The van der Waals surface area contributed by atoms with Gasteiger partial charge in [-0.15, -0.1) is 0 Å². The third-order valence-corrected chi connectivity index (χ3v) is 2.44. The van der Waals surface area contributed by atoms with Gasteiger partial charge in [0.2, 0.25) is 0 Å². The molecule has 2 N–H and O–H groups in total. The second-order valence-electron chi connectivity index (χ2n) is 4.00. The standard InChI is InChI=1S/C11H17N3O5/c1-19-5-3-12-6-9(15)7-13-4-2-11(16)10(8-13)14(17)18/h2,4,8-9,12,15H,3,5-7H2,1H3. The number of hydrogen-bond donors (Lipinski definition) is 2. The summed E-state index contributed by atoms with van der Waals surface area (Å²) in [5.41, 5.74) is -1.14. The number of ether oxygens (including phenoxy) is 1. The first-order valence-corrected chi connectivity index (χ1v) is 5.76. The lowest BCUT2D eigenvalue weighted by molar-refractivity contribution is -0.386. The second kappa shape index (κ2) is 7.62. The summed E-state index contributed by atoms with van der Waals surface area (Å²) in [6, 6.07) is 1.11. The molecule has 0 spiro atoms. The Labute approximate surface area is 109 Å². The molecule has 0 bridgehead atoms. The minimum atomic E-state index is -0.734. The number of nitro groups is 1. The van der Waals surface area contributed by atoms with E-state index in [0.29, 0.717) is 19.7 Å². The molecule has 0 saturated heterocycles. The van der Waals surface area contributed by atoms with Gasteiger partial charge >= 0.3 is 5.69 Å². The molecule has 1 aromatic rings. The summed E-state index contributed by atoms with van der Waals surface area (Å²) >= 11 is 0. The molecule has 0 fully saturated rings. The van der Waals surface area contributed by atoms with Crippen LogP contribution < -0.4 is 10.7 Å². The van der Waals surface area contributed by atoms with E-state index in [2.05, 4.69) is 5.32 Å². The molecule has 0 radical (unpaired) electrons. The van der Waals surface area contributed by atoms with Crippen molar-refractivity contribution in [1.82, 2.24) is 9.88 Å². The average Bonchev–Trinajstić information content (AvgIpc) is 2.36. The van der Waals surface area contributed by atoms with Crippen LogP contribution in [0, 0.1) is 10.1 Å². The Bertz CT molecular complexity index is 474. The van der Waals surface area contributed by atoms with Gasteiger partial charge in [0, 0.05) is 39.0 Å². The number of rotatable bonds is 8. The van der Waals surface area contributed by atoms with Gasteiger partial charge in [0.25, 0.3) is 5.43 Å². The molecule has 1 rings (SSSR count). The summed E-state index contributed by atoms with van der Waals surface area (Å²) in [4.78, 5) is 21.1. The molecule has 1 unspecified atom stereocenters. The van der Waals surface area contributed by atoms with Crippen molar-refractivity contribution in [3.05, 3.63) is 38.8 Å². The van der Waals surface area contributed by atoms with E-state index in [-0.39, 0.29) is 6.54 Å². The van der Waals surface area contributed by atoms with Gasteiger partial charge in [-0.05, 0) is 0 Å². The highest BCUT2D eigenvalue weighted by atomic mass is 16.6. The van der Waals surface area contributed by atoms with E-state index in [1.807, 2.05) is 0 Å². The van der Waals surface area contributed by atoms with E-state index in [1.54, 1.807) is 7.11 Å². The van der Waals surface area contributed by atoms with Crippen molar-refractivity contribution in [2.24, 2.45) is 0 Å². The first kappa shape index (κ1) is 15.3. The fourth-order valence-electron chi connectivity index (χ4n) is 1.51. The van der Waals surface area contributed by atoms with Crippen molar-refractivity contribution in [1.29, 1.82) is 0 Å². The monoisotopic (exact) mass is 271 g/mol. The van der Waals surface area contributed by atoms with Crippen molar-refractivity contribution in [3.8, 4) is 0 Å². The van der Waals surface area contributed by atoms with Gasteiger partial charge in [-0.1, -0.05) is 0 Å². The van der Waals surface area contributed by atoms with Crippen LogP contribution in [-0.4, -0.2) is 47.5 Å². The fourth-order valence-corrected chi connectivity index (χ4v) is 1.51. The fraction of sp³-hybridized carbons (Fsp3) is 0.545. The van der Waals surface area contributed by atoms with Gasteiger partial charge in [-0.2, -0.15) is 0 Å². The quantitative estimate of drug-likeness (QED) is 0.370. The van der Waals surface area contributed by atoms with Gasteiger partial charge in [-0.25, -0.2) is 0 Å². The largest absolute Gasteiger partial charge is 0.390 e.